The lowest BCUT2D eigenvalue weighted by molar-refractivity contribution is -0.131. The summed E-state index contributed by atoms with van der Waals surface area (Å²) in [7, 11) is 0. The molecule has 2 fully saturated rings. The first-order valence-corrected chi connectivity index (χ1v) is 7.34. The Hall–Kier alpha value is -0.610. The Morgan fingerprint density at radius 3 is 2.56 bits per heavy atom. The van der Waals surface area contributed by atoms with Gasteiger partial charge in [-0.25, -0.2) is 0 Å². The molecule has 2 unspecified atom stereocenters. The molecular formula is C14H27N3O. The van der Waals surface area contributed by atoms with Crippen molar-refractivity contribution in [1.82, 2.24) is 15.1 Å². The van der Waals surface area contributed by atoms with Gasteiger partial charge in [0.2, 0.25) is 5.91 Å². The number of hydrogen-bond donors (Lipinski definition) is 1. The number of carbonyl (C=O) groups is 1. The molecule has 0 aliphatic carbocycles. The molecule has 0 saturated carbocycles. The summed E-state index contributed by atoms with van der Waals surface area (Å²) in [4.78, 5) is 16.8. The smallest absolute Gasteiger partial charge is 0.241 e. The van der Waals surface area contributed by atoms with Gasteiger partial charge in [-0.15, -0.1) is 0 Å². The number of amides is 1. The highest BCUT2D eigenvalue weighted by Crippen LogP contribution is 2.16. The van der Waals surface area contributed by atoms with Crippen LogP contribution in [0.1, 0.15) is 40.0 Å². The maximum Gasteiger partial charge on any atom is 0.241 e. The van der Waals surface area contributed by atoms with Crippen LogP contribution in [-0.2, 0) is 4.79 Å². The Labute approximate surface area is 111 Å². The lowest BCUT2D eigenvalue weighted by Gasteiger charge is -2.28. The summed E-state index contributed by atoms with van der Waals surface area (Å²) < 4.78 is 0. The van der Waals surface area contributed by atoms with Gasteiger partial charge in [-0.1, -0.05) is 13.8 Å². The van der Waals surface area contributed by atoms with Crippen molar-refractivity contribution in [2.75, 3.05) is 26.3 Å². The molecule has 2 heterocycles. The Balaban J connectivity index is 1.83. The largest absolute Gasteiger partial charge is 0.325 e. The summed E-state index contributed by atoms with van der Waals surface area (Å²) in [5, 5.41) is 3.35. The molecule has 2 rings (SSSR count). The zero-order valence-corrected chi connectivity index (χ0v) is 12.0. The first-order valence-electron chi connectivity index (χ1n) is 7.34. The van der Waals surface area contributed by atoms with Gasteiger partial charge < -0.3 is 9.80 Å². The van der Waals surface area contributed by atoms with E-state index in [0.29, 0.717) is 17.9 Å². The molecule has 0 aromatic heterocycles. The maximum atomic E-state index is 12.3. The topological polar surface area (TPSA) is 35.6 Å². The van der Waals surface area contributed by atoms with Crippen LogP contribution >= 0.6 is 0 Å². The van der Waals surface area contributed by atoms with Crippen LogP contribution in [-0.4, -0.2) is 54.1 Å². The molecule has 18 heavy (non-hydrogen) atoms. The van der Waals surface area contributed by atoms with Crippen LogP contribution in [0.2, 0.25) is 0 Å². The predicted molar refractivity (Wildman–Crippen MR) is 73.2 cm³/mol. The number of likely N-dealkylation sites (tertiary alicyclic amines) is 1. The zero-order chi connectivity index (χ0) is 13.1. The lowest BCUT2D eigenvalue weighted by atomic mass is 10.0. The number of nitrogens with zero attached hydrogens (tertiary/aromatic N) is 2. The van der Waals surface area contributed by atoms with E-state index in [2.05, 4.69) is 31.0 Å². The second-order valence-electron chi connectivity index (χ2n) is 6.21. The predicted octanol–water partition coefficient (Wildman–Crippen LogP) is 1.27. The van der Waals surface area contributed by atoms with Crippen molar-refractivity contribution in [3.05, 3.63) is 0 Å². The summed E-state index contributed by atoms with van der Waals surface area (Å²) in [5.74, 6) is 0.871. The fraction of sp³-hybridized carbons (Fsp3) is 0.929. The standard InChI is InChI=1S/C14H27N3O/c1-11(2)8-13-14(18)17(10-15-13)12(3)9-16-6-4-5-7-16/h11-13,15H,4-10H2,1-3H3. The van der Waals surface area contributed by atoms with Crippen LogP contribution in [0.5, 0.6) is 0 Å². The van der Waals surface area contributed by atoms with Crippen LogP contribution in [0.25, 0.3) is 0 Å². The molecular weight excluding hydrogens is 226 g/mol. The van der Waals surface area contributed by atoms with Gasteiger partial charge in [0.05, 0.1) is 12.7 Å². The van der Waals surface area contributed by atoms with Crippen LogP contribution in [0.4, 0.5) is 0 Å². The van der Waals surface area contributed by atoms with Crippen molar-refractivity contribution in [3.63, 3.8) is 0 Å². The SMILES string of the molecule is CC(C)CC1NCN(C(C)CN2CCCC2)C1=O. The van der Waals surface area contributed by atoms with Crippen molar-refractivity contribution < 1.29 is 4.79 Å². The van der Waals surface area contributed by atoms with E-state index in [9.17, 15) is 4.79 Å². The van der Waals surface area contributed by atoms with E-state index in [4.69, 9.17) is 0 Å². The Morgan fingerprint density at radius 1 is 1.28 bits per heavy atom. The molecule has 4 nitrogen and oxygen atoms in total. The van der Waals surface area contributed by atoms with Crippen molar-refractivity contribution in [2.24, 2.45) is 5.92 Å². The van der Waals surface area contributed by atoms with Crippen molar-refractivity contribution >= 4 is 5.91 Å². The Morgan fingerprint density at radius 2 is 1.94 bits per heavy atom. The summed E-state index contributed by atoms with van der Waals surface area (Å²) in [5.41, 5.74) is 0. The van der Waals surface area contributed by atoms with E-state index in [1.54, 1.807) is 0 Å². The van der Waals surface area contributed by atoms with E-state index in [1.165, 1.54) is 25.9 Å². The zero-order valence-electron chi connectivity index (χ0n) is 12.0. The van der Waals surface area contributed by atoms with Crippen LogP contribution < -0.4 is 5.32 Å². The average Bonchev–Trinajstić information content (AvgIpc) is 2.90. The normalized spacial score (nSPS) is 27.4. The lowest BCUT2D eigenvalue weighted by Crippen LogP contribution is -2.43. The molecule has 2 saturated heterocycles. The van der Waals surface area contributed by atoms with Gasteiger partial charge in [-0.2, -0.15) is 0 Å². The van der Waals surface area contributed by atoms with Crippen LogP contribution in [0, 0.1) is 5.92 Å². The van der Waals surface area contributed by atoms with E-state index in [0.717, 1.165) is 19.6 Å². The molecule has 4 heteroatoms. The molecule has 0 aromatic rings. The van der Waals surface area contributed by atoms with Gasteiger partial charge in [-0.3, -0.25) is 10.1 Å². The summed E-state index contributed by atoms with van der Waals surface area (Å²) in [6.45, 7) is 10.7. The molecule has 0 bridgehead atoms. The molecule has 2 aliphatic heterocycles. The molecule has 0 aromatic carbocycles. The third kappa shape index (κ3) is 3.23. The molecule has 104 valence electrons. The van der Waals surface area contributed by atoms with Gasteiger partial charge in [0, 0.05) is 12.6 Å². The highest BCUT2D eigenvalue weighted by molar-refractivity contribution is 5.84. The second-order valence-corrected chi connectivity index (χ2v) is 6.21. The number of hydrogen-bond acceptors (Lipinski definition) is 3. The molecule has 1 N–H and O–H groups in total. The monoisotopic (exact) mass is 253 g/mol. The van der Waals surface area contributed by atoms with Gasteiger partial charge in [0.25, 0.3) is 0 Å². The van der Waals surface area contributed by atoms with Gasteiger partial charge >= 0.3 is 0 Å². The van der Waals surface area contributed by atoms with Crippen molar-refractivity contribution in [1.29, 1.82) is 0 Å². The highest BCUT2D eigenvalue weighted by Gasteiger charge is 2.34. The molecule has 2 atom stereocenters. The minimum Gasteiger partial charge on any atom is -0.325 e. The molecule has 1 amide bonds. The minimum absolute atomic E-state index is 0.0472. The molecule has 2 aliphatic rings. The first-order chi connectivity index (χ1) is 8.58. The van der Waals surface area contributed by atoms with Gasteiger partial charge in [-0.05, 0) is 45.2 Å². The van der Waals surface area contributed by atoms with E-state index in [-0.39, 0.29) is 6.04 Å². The Bertz CT molecular complexity index is 287. The van der Waals surface area contributed by atoms with E-state index >= 15 is 0 Å². The third-order valence-electron chi connectivity index (χ3n) is 4.05. The average molecular weight is 253 g/mol. The van der Waals surface area contributed by atoms with E-state index < -0.39 is 0 Å². The van der Waals surface area contributed by atoms with Gasteiger partial charge in [0.15, 0.2) is 0 Å². The van der Waals surface area contributed by atoms with E-state index in [1.807, 2.05) is 4.90 Å². The fourth-order valence-electron chi connectivity index (χ4n) is 3.04. The summed E-state index contributed by atoms with van der Waals surface area (Å²) >= 11 is 0. The highest BCUT2D eigenvalue weighted by atomic mass is 16.2. The van der Waals surface area contributed by atoms with Crippen molar-refractivity contribution in [3.8, 4) is 0 Å². The summed E-state index contributed by atoms with van der Waals surface area (Å²) in [6, 6.07) is 0.381. The van der Waals surface area contributed by atoms with Crippen molar-refractivity contribution in [2.45, 2.75) is 52.1 Å². The van der Waals surface area contributed by atoms with Crippen LogP contribution in [0.3, 0.4) is 0 Å². The maximum absolute atomic E-state index is 12.3. The van der Waals surface area contributed by atoms with Crippen LogP contribution in [0.15, 0.2) is 0 Å². The second kappa shape index (κ2) is 6.02. The number of rotatable bonds is 5. The third-order valence-corrected chi connectivity index (χ3v) is 4.05. The quantitative estimate of drug-likeness (QED) is 0.801. The number of carbonyl (C=O) groups excluding carboxylic acids is 1. The summed E-state index contributed by atoms with van der Waals surface area (Å²) in [6.07, 6.45) is 3.58. The minimum atomic E-state index is 0.0472. The fourth-order valence-corrected chi connectivity index (χ4v) is 3.04. The first kappa shape index (κ1) is 13.8. The van der Waals surface area contributed by atoms with Gasteiger partial charge in [0.1, 0.15) is 0 Å². The number of nitrogens with one attached hydrogen (secondary N) is 1. The Kier molecular flexibility index (Phi) is 4.62. The molecule has 0 spiro atoms. The molecule has 0 radical (unpaired) electrons.